The van der Waals surface area contributed by atoms with Crippen LogP contribution in [0.4, 0.5) is 24.8 Å². The van der Waals surface area contributed by atoms with E-state index >= 15 is 0 Å². The maximum atomic E-state index is 13.4. The monoisotopic (exact) mass is 406 g/mol. The zero-order valence-corrected chi connectivity index (χ0v) is 16.1. The highest BCUT2D eigenvalue weighted by atomic mass is 19.4. The summed E-state index contributed by atoms with van der Waals surface area (Å²) in [5.74, 6) is 0.358. The number of hydrogen-bond acceptors (Lipinski definition) is 6. The van der Waals surface area contributed by atoms with E-state index in [-0.39, 0.29) is 23.2 Å². The number of aryl methyl sites for hydroxylation is 1. The molecule has 0 bridgehead atoms. The number of halogens is 3. The normalized spacial score (nSPS) is 21.4. The Kier molecular flexibility index (Phi) is 4.84. The predicted molar refractivity (Wildman–Crippen MR) is 101 cm³/mol. The number of carbonyl (C=O) groups excluding carboxylic acids is 1. The number of esters is 1. The molecular formula is C20H21F3N4O2. The van der Waals surface area contributed by atoms with Gasteiger partial charge in [0.1, 0.15) is 0 Å². The topological polar surface area (TPSA) is 58.6 Å². The summed E-state index contributed by atoms with van der Waals surface area (Å²) in [5, 5.41) is 0. The van der Waals surface area contributed by atoms with Crippen LogP contribution in [0.2, 0.25) is 0 Å². The molecule has 0 N–H and O–H groups in total. The molecule has 4 rings (SSSR count). The predicted octanol–water partition coefficient (Wildman–Crippen LogP) is 3.16. The van der Waals surface area contributed by atoms with E-state index in [0.29, 0.717) is 37.8 Å². The lowest BCUT2D eigenvalue weighted by Gasteiger charge is -2.26. The van der Waals surface area contributed by atoms with Gasteiger partial charge in [-0.05, 0) is 25.1 Å². The lowest BCUT2D eigenvalue weighted by atomic mass is 10.0. The number of aromatic nitrogens is 2. The number of methoxy groups -OCH3 is 1. The molecule has 2 fully saturated rings. The molecule has 0 unspecified atom stereocenters. The minimum Gasteiger partial charge on any atom is -0.464 e. The van der Waals surface area contributed by atoms with E-state index in [1.165, 1.54) is 19.2 Å². The van der Waals surface area contributed by atoms with Crippen LogP contribution in [0.15, 0.2) is 30.3 Å². The summed E-state index contributed by atoms with van der Waals surface area (Å²) >= 11 is 0. The fourth-order valence-electron chi connectivity index (χ4n) is 4.25. The summed E-state index contributed by atoms with van der Waals surface area (Å²) in [6.07, 6.45) is -4.37. The molecule has 0 spiro atoms. The Bertz CT molecular complexity index is 920. The molecular weight excluding hydrogens is 385 g/mol. The first-order valence-corrected chi connectivity index (χ1v) is 9.36. The molecule has 2 aliphatic rings. The van der Waals surface area contributed by atoms with Crippen molar-refractivity contribution in [2.45, 2.75) is 13.1 Å². The molecule has 154 valence electrons. The second-order valence-electron chi connectivity index (χ2n) is 7.53. The Morgan fingerprint density at radius 2 is 1.69 bits per heavy atom. The summed E-state index contributed by atoms with van der Waals surface area (Å²) in [7, 11) is 1.30. The van der Waals surface area contributed by atoms with Crippen molar-refractivity contribution in [2.24, 2.45) is 11.8 Å². The lowest BCUT2D eigenvalue weighted by molar-refractivity contribution is -0.137. The van der Waals surface area contributed by atoms with Crippen molar-refractivity contribution in [1.29, 1.82) is 0 Å². The van der Waals surface area contributed by atoms with Gasteiger partial charge in [-0.25, -0.2) is 14.8 Å². The summed E-state index contributed by atoms with van der Waals surface area (Å²) in [4.78, 5) is 24.4. The molecule has 6 nitrogen and oxygen atoms in total. The summed E-state index contributed by atoms with van der Waals surface area (Å²) in [6.45, 7) is 4.15. The van der Waals surface area contributed by atoms with Crippen molar-refractivity contribution in [3.63, 3.8) is 0 Å². The number of carbonyl (C=O) groups is 1. The highest BCUT2D eigenvalue weighted by Crippen LogP contribution is 2.41. The van der Waals surface area contributed by atoms with Crippen LogP contribution in [0, 0.1) is 18.8 Å². The number of para-hydroxylation sites is 1. The Morgan fingerprint density at radius 3 is 2.31 bits per heavy atom. The van der Waals surface area contributed by atoms with Crippen molar-refractivity contribution < 1.29 is 22.7 Å². The van der Waals surface area contributed by atoms with Crippen LogP contribution < -0.4 is 9.80 Å². The van der Waals surface area contributed by atoms with Crippen LogP contribution in [0.25, 0.3) is 0 Å². The Labute approximate surface area is 166 Å². The van der Waals surface area contributed by atoms with Crippen molar-refractivity contribution >= 4 is 17.6 Å². The van der Waals surface area contributed by atoms with Crippen molar-refractivity contribution in [3.05, 3.63) is 47.3 Å². The third-order valence-corrected chi connectivity index (χ3v) is 5.56. The van der Waals surface area contributed by atoms with Crippen molar-refractivity contribution in [2.75, 3.05) is 43.1 Å². The summed E-state index contributed by atoms with van der Waals surface area (Å²) in [6, 6.07) is 7.29. The van der Waals surface area contributed by atoms with Crippen LogP contribution in [0.3, 0.4) is 0 Å². The molecule has 1 aromatic carbocycles. The molecule has 0 aliphatic carbocycles. The number of nitrogens with zero attached hydrogens (tertiary/aromatic N) is 4. The largest absolute Gasteiger partial charge is 0.464 e. The maximum absolute atomic E-state index is 13.4. The average molecular weight is 406 g/mol. The first-order chi connectivity index (χ1) is 13.8. The fourth-order valence-corrected chi connectivity index (χ4v) is 4.25. The van der Waals surface area contributed by atoms with Crippen LogP contribution in [-0.4, -0.2) is 49.2 Å². The van der Waals surface area contributed by atoms with Gasteiger partial charge >= 0.3 is 12.1 Å². The van der Waals surface area contributed by atoms with Gasteiger partial charge in [-0.2, -0.15) is 13.2 Å². The molecule has 2 atom stereocenters. The van der Waals surface area contributed by atoms with E-state index in [9.17, 15) is 18.0 Å². The van der Waals surface area contributed by atoms with E-state index in [1.54, 1.807) is 19.1 Å². The van der Waals surface area contributed by atoms with E-state index < -0.39 is 17.7 Å². The summed E-state index contributed by atoms with van der Waals surface area (Å²) < 4.78 is 44.8. The number of anilines is 2. The first kappa shape index (κ1) is 19.5. The Morgan fingerprint density at radius 1 is 1.07 bits per heavy atom. The van der Waals surface area contributed by atoms with Gasteiger partial charge in [0, 0.05) is 49.4 Å². The van der Waals surface area contributed by atoms with Gasteiger partial charge in [-0.1, -0.05) is 12.1 Å². The van der Waals surface area contributed by atoms with E-state index in [2.05, 4.69) is 9.97 Å². The zero-order valence-electron chi connectivity index (χ0n) is 16.1. The van der Waals surface area contributed by atoms with Gasteiger partial charge in [0.25, 0.3) is 0 Å². The van der Waals surface area contributed by atoms with Gasteiger partial charge < -0.3 is 14.5 Å². The standard InChI is InChI=1S/C20H21F3N4O2/c1-12-7-16(18(28)29-2)25-19(24-12)27-10-13-8-26(9-14(13)11-27)17-6-4-3-5-15(17)20(21,22)23/h3-7,13-14H,8-11H2,1-2H3/t13-,14+. The van der Waals surface area contributed by atoms with Crippen LogP contribution in [-0.2, 0) is 10.9 Å². The van der Waals surface area contributed by atoms with Gasteiger partial charge in [0.2, 0.25) is 5.95 Å². The summed E-state index contributed by atoms with van der Waals surface area (Å²) in [5.41, 5.74) is 0.503. The van der Waals surface area contributed by atoms with E-state index in [4.69, 9.17) is 4.74 Å². The molecule has 29 heavy (non-hydrogen) atoms. The number of benzene rings is 1. The molecule has 0 amide bonds. The molecule has 0 saturated carbocycles. The minimum atomic E-state index is -4.37. The highest BCUT2D eigenvalue weighted by molar-refractivity contribution is 5.87. The molecule has 9 heteroatoms. The zero-order chi connectivity index (χ0) is 20.8. The number of alkyl halides is 3. The first-order valence-electron chi connectivity index (χ1n) is 9.36. The average Bonchev–Trinajstić information content (AvgIpc) is 3.25. The lowest BCUT2D eigenvalue weighted by Crippen LogP contribution is -2.31. The highest BCUT2D eigenvalue weighted by Gasteiger charge is 2.43. The number of fused-ring (bicyclic) bond motifs is 1. The second-order valence-corrected chi connectivity index (χ2v) is 7.53. The molecule has 2 aliphatic heterocycles. The SMILES string of the molecule is COC(=O)c1cc(C)nc(N2C[C@@H]3CN(c4ccccc4C(F)(F)F)C[C@@H]3C2)n1. The van der Waals surface area contributed by atoms with Crippen LogP contribution >= 0.6 is 0 Å². The smallest absolute Gasteiger partial charge is 0.418 e. The third kappa shape index (κ3) is 3.73. The molecule has 1 aromatic heterocycles. The van der Waals surface area contributed by atoms with Crippen molar-refractivity contribution in [1.82, 2.24) is 9.97 Å². The van der Waals surface area contributed by atoms with Crippen molar-refractivity contribution in [3.8, 4) is 0 Å². The molecule has 0 radical (unpaired) electrons. The molecule has 2 aromatic rings. The minimum absolute atomic E-state index is 0.202. The van der Waals surface area contributed by atoms with E-state index in [0.717, 1.165) is 6.07 Å². The van der Waals surface area contributed by atoms with Crippen LogP contribution in [0.5, 0.6) is 0 Å². The second kappa shape index (κ2) is 7.20. The molecule has 2 saturated heterocycles. The molecule has 3 heterocycles. The Hall–Kier alpha value is -2.84. The quantitative estimate of drug-likeness (QED) is 0.730. The maximum Gasteiger partial charge on any atom is 0.418 e. The fraction of sp³-hybridized carbons (Fsp3) is 0.450. The van der Waals surface area contributed by atoms with Gasteiger partial charge in [-0.15, -0.1) is 0 Å². The Balaban J connectivity index is 1.51. The van der Waals surface area contributed by atoms with E-state index in [1.807, 2.05) is 9.80 Å². The number of rotatable bonds is 3. The van der Waals surface area contributed by atoms with Crippen LogP contribution in [0.1, 0.15) is 21.7 Å². The van der Waals surface area contributed by atoms with Gasteiger partial charge in [0.05, 0.1) is 12.7 Å². The van der Waals surface area contributed by atoms with Gasteiger partial charge in [0.15, 0.2) is 5.69 Å². The number of hydrogen-bond donors (Lipinski definition) is 0. The number of ether oxygens (including phenoxy) is 1. The third-order valence-electron chi connectivity index (χ3n) is 5.56. The van der Waals surface area contributed by atoms with Gasteiger partial charge in [-0.3, -0.25) is 0 Å².